The molecule has 0 spiro atoms. The average Bonchev–Trinajstić information content (AvgIpc) is 3.43. The summed E-state index contributed by atoms with van der Waals surface area (Å²) in [5, 5.41) is 11.0. The fraction of sp³-hybridized carbons (Fsp3) is 0.393. The normalized spacial score (nSPS) is 10.9. The minimum Gasteiger partial charge on any atom is -0.494 e. The second-order valence-electron chi connectivity index (χ2n) is 8.47. The Hall–Kier alpha value is -4.01. The Morgan fingerprint density at radius 3 is 2.27 bits per heavy atom. The van der Waals surface area contributed by atoms with E-state index in [1.165, 1.54) is 59.6 Å². The number of nitrogens with zero attached hydrogens (tertiary/aromatic N) is 2. The van der Waals surface area contributed by atoms with Gasteiger partial charge < -0.3 is 18.9 Å². The van der Waals surface area contributed by atoms with E-state index in [2.05, 4.69) is 27.6 Å². The monoisotopic (exact) mass is 508 g/mol. The molecule has 1 heterocycles. The molecule has 0 aliphatic carbocycles. The van der Waals surface area contributed by atoms with Gasteiger partial charge in [0.25, 0.3) is 5.91 Å². The Balaban J connectivity index is 1.52. The van der Waals surface area contributed by atoms with Gasteiger partial charge in [-0.25, -0.2) is 5.43 Å². The smallest absolute Gasteiger partial charge is 0.289 e. The van der Waals surface area contributed by atoms with Crippen LogP contribution in [-0.4, -0.2) is 50.3 Å². The largest absolute Gasteiger partial charge is 0.494 e. The van der Waals surface area contributed by atoms with E-state index in [0.717, 1.165) is 24.3 Å². The number of hydrazone groups is 1. The molecule has 9 heteroatoms. The molecule has 198 valence electrons. The first-order chi connectivity index (χ1) is 18.1. The summed E-state index contributed by atoms with van der Waals surface area (Å²) in [5.74, 6) is 1.88. The van der Waals surface area contributed by atoms with Crippen molar-refractivity contribution >= 4 is 12.1 Å². The Labute approximate surface area is 218 Å². The summed E-state index contributed by atoms with van der Waals surface area (Å²) in [4.78, 5) is 12.5. The van der Waals surface area contributed by atoms with Crippen LogP contribution in [0.4, 0.5) is 0 Å². The molecule has 0 bridgehead atoms. The first kappa shape index (κ1) is 27.6. The molecule has 0 unspecified atom stereocenters. The van der Waals surface area contributed by atoms with Crippen molar-refractivity contribution in [3.63, 3.8) is 0 Å². The number of carbonyl (C=O) groups is 1. The molecule has 9 nitrogen and oxygen atoms in total. The number of methoxy groups -OCH3 is 3. The Morgan fingerprint density at radius 1 is 0.946 bits per heavy atom. The van der Waals surface area contributed by atoms with Gasteiger partial charge in [0.05, 0.1) is 39.8 Å². The van der Waals surface area contributed by atoms with Crippen molar-refractivity contribution in [2.75, 3.05) is 27.9 Å². The van der Waals surface area contributed by atoms with Gasteiger partial charge >= 0.3 is 0 Å². The zero-order chi connectivity index (χ0) is 26.5. The number of hydrogen-bond donors (Lipinski definition) is 2. The highest BCUT2D eigenvalue weighted by atomic mass is 16.5. The van der Waals surface area contributed by atoms with E-state index in [4.69, 9.17) is 18.9 Å². The van der Waals surface area contributed by atoms with Crippen molar-refractivity contribution in [3.05, 3.63) is 53.7 Å². The van der Waals surface area contributed by atoms with Crippen LogP contribution >= 0.6 is 0 Å². The van der Waals surface area contributed by atoms with E-state index < -0.39 is 5.91 Å². The van der Waals surface area contributed by atoms with Gasteiger partial charge in [-0.2, -0.15) is 10.2 Å². The standard InChI is InChI=1S/C28H36N4O5/c1-5-6-7-8-9-10-15-37-22-13-11-21(12-14-22)23-18-24(31-30-23)28(33)32-29-19-20-16-25(34-2)27(36-4)26(17-20)35-3/h11-14,16-19H,5-10,15H2,1-4H3,(H,30,31)(H,32,33)/b29-19+. The topological polar surface area (TPSA) is 107 Å². The summed E-state index contributed by atoms with van der Waals surface area (Å²) in [7, 11) is 4.60. The molecule has 3 rings (SSSR count). The van der Waals surface area contributed by atoms with Crippen molar-refractivity contribution in [1.29, 1.82) is 0 Å². The fourth-order valence-corrected chi connectivity index (χ4v) is 3.78. The lowest BCUT2D eigenvalue weighted by molar-refractivity contribution is 0.0950. The van der Waals surface area contributed by atoms with Crippen molar-refractivity contribution < 1.29 is 23.7 Å². The highest BCUT2D eigenvalue weighted by molar-refractivity contribution is 5.94. The molecule has 0 aliphatic heterocycles. The molecule has 0 fully saturated rings. The average molecular weight is 509 g/mol. The maximum atomic E-state index is 12.5. The number of aromatic nitrogens is 2. The molecule has 3 aromatic rings. The number of H-pyrrole nitrogens is 1. The Bertz CT molecular complexity index is 1130. The van der Waals surface area contributed by atoms with E-state index in [9.17, 15) is 4.79 Å². The third kappa shape index (κ3) is 7.99. The van der Waals surface area contributed by atoms with E-state index in [-0.39, 0.29) is 0 Å². The van der Waals surface area contributed by atoms with Gasteiger partial charge in [0.1, 0.15) is 11.4 Å². The number of amides is 1. The number of carbonyl (C=O) groups excluding carboxylic acids is 1. The van der Waals surface area contributed by atoms with Gasteiger partial charge in [-0.3, -0.25) is 9.89 Å². The highest BCUT2D eigenvalue weighted by Gasteiger charge is 2.13. The quantitative estimate of drug-likeness (QED) is 0.157. The van der Waals surface area contributed by atoms with Gasteiger partial charge in [0, 0.05) is 11.1 Å². The van der Waals surface area contributed by atoms with Crippen molar-refractivity contribution in [2.45, 2.75) is 45.4 Å². The van der Waals surface area contributed by atoms with Gasteiger partial charge in [0.2, 0.25) is 5.75 Å². The number of nitrogens with one attached hydrogen (secondary N) is 2. The summed E-state index contributed by atoms with van der Waals surface area (Å²) in [6, 6.07) is 12.8. The molecule has 0 saturated carbocycles. The molecule has 2 N–H and O–H groups in total. The lowest BCUT2D eigenvalue weighted by Gasteiger charge is -2.12. The van der Waals surface area contributed by atoms with E-state index in [1.807, 2.05) is 24.3 Å². The summed E-state index contributed by atoms with van der Waals surface area (Å²) in [6.07, 6.45) is 8.88. The van der Waals surface area contributed by atoms with Crippen LogP contribution in [-0.2, 0) is 0 Å². The minimum atomic E-state index is -0.415. The number of aromatic amines is 1. The summed E-state index contributed by atoms with van der Waals surface area (Å²) in [5.41, 5.74) is 4.99. The predicted molar refractivity (Wildman–Crippen MR) is 144 cm³/mol. The summed E-state index contributed by atoms with van der Waals surface area (Å²) < 4.78 is 21.8. The molecule has 0 saturated heterocycles. The zero-order valence-corrected chi connectivity index (χ0v) is 22.0. The fourth-order valence-electron chi connectivity index (χ4n) is 3.78. The maximum Gasteiger partial charge on any atom is 0.289 e. The number of ether oxygens (including phenoxy) is 4. The molecule has 1 aromatic heterocycles. The second-order valence-corrected chi connectivity index (χ2v) is 8.47. The number of benzene rings is 2. The first-order valence-electron chi connectivity index (χ1n) is 12.5. The SMILES string of the molecule is CCCCCCCCOc1ccc(-c2cc(C(=O)N/N=C/c3cc(OC)c(OC)c(OC)c3)[nH]n2)cc1. The predicted octanol–water partition coefficient (Wildman–Crippen LogP) is 5.61. The van der Waals surface area contributed by atoms with Crippen LogP contribution in [0.15, 0.2) is 47.6 Å². The second kappa shape index (κ2) is 14.5. The van der Waals surface area contributed by atoms with Crippen LogP contribution in [0.1, 0.15) is 61.5 Å². The number of rotatable bonds is 15. The van der Waals surface area contributed by atoms with E-state index in [1.54, 1.807) is 18.2 Å². The van der Waals surface area contributed by atoms with Gasteiger partial charge in [-0.05, 0) is 48.9 Å². The zero-order valence-electron chi connectivity index (χ0n) is 22.0. The van der Waals surface area contributed by atoms with Crippen LogP contribution in [0, 0.1) is 0 Å². The number of hydrogen-bond acceptors (Lipinski definition) is 7. The lowest BCUT2D eigenvalue weighted by atomic mass is 10.1. The van der Waals surface area contributed by atoms with Crippen molar-refractivity contribution in [3.8, 4) is 34.3 Å². The summed E-state index contributed by atoms with van der Waals surface area (Å²) in [6.45, 7) is 2.94. The van der Waals surface area contributed by atoms with Gasteiger partial charge in [-0.15, -0.1) is 0 Å². The van der Waals surface area contributed by atoms with Gasteiger partial charge in [-0.1, -0.05) is 39.0 Å². The van der Waals surface area contributed by atoms with Crippen LogP contribution in [0.3, 0.4) is 0 Å². The van der Waals surface area contributed by atoms with Crippen LogP contribution in [0.2, 0.25) is 0 Å². The third-order valence-electron chi connectivity index (χ3n) is 5.81. The minimum absolute atomic E-state index is 0.292. The van der Waals surface area contributed by atoms with Crippen LogP contribution in [0.5, 0.6) is 23.0 Å². The lowest BCUT2D eigenvalue weighted by Crippen LogP contribution is -2.18. The molecule has 0 radical (unpaired) electrons. The van der Waals surface area contributed by atoms with Gasteiger partial charge in [0.15, 0.2) is 11.5 Å². The highest BCUT2D eigenvalue weighted by Crippen LogP contribution is 2.37. The molecule has 1 amide bonds. The molecule has 0 aliphatic rings. The van der Waals surface area contributed by atoms with E-state index in [0.29, 0.717) is 34.2 Å². The van der Waals surface area contributed by atoms with E-state index >= 15 is 0 Å². The Kier molecular flexibility index (Phi) is 10.8. The van der Waals surface area contributed by atoms with Crippen molar-refractivity contribution in [1.82, 2.24) is 15.6 Å². The first-order valence-corrected chi connectivity index (χ1v) is 12.5. The Morgan fingerprint density at radius 2 is 1.62 bits per heavy atom. The molecule has 0 atom stereocenters. The molecule has 37 heavy (non-hydrogen) atoms. The van der Waals surface area contributed by atoms with Crippen LogP contribution < -0.4 is 24.4 Å². The molecular weight excluding hydrogens is 472 g/mol. The third-order valence-corrected chi connectivity index (χ3v) is 5.81. The van der Waals surface area contributed by atoms with Crippen molar-refractivity contribution in [2.24, 2.45) is 5.10 Å². The number of unbranched alkanes of at least 4 members (excludes halogenated alkanes) is 5. The maximum absolute atomic E-state index is 12.5. The molecule has 2 aromatic carbocycles. The molecular formula is C28H36N4O5. The summed E-state index contributed by atoms with van der Waals surface area (Å²) >= 11 is 0. The van der Waals surface area contributed by atoms with Crippen LogP contribution in [0.25, 0.3) is 11.3 Å².